The van der Waals surface area contributed by atoms with Gasteiger partial charge in [-0.25, -0.2) is 18.1 Å². The van der Waals surface area contributed by atoms with E-state index in [1.807, 2.05) is 6.07 Å². The van der Waals surface area contributed by atoms with E-state index in [1.165, 1.54) is 42.5 Å². The van der Waals surface area contributed by atoms with Crippen LogP contribution in [0.4, 0.5) is 18.3 Å². The van der Waals surface area contributed by atoms with Crippen LogP contribution in [0.1, 0.15) is 16.8 Å². The van der Waals surface area contributed by atoms with E-state index in [0.29, 0.717) is 10.2 Å². The Hall–Kier alpha value is -3.21. The number of carbonyl (C=O) groups excluding carboxylic acids is 1. The zero-order valence-corrected chi connectivity index (χ0v) is 17.8. The summed E-state index contributed by atoms with van der Waals surface area (Å²) in [6.07, 6.45) is -4.43. The number of hydrogen-bond donors (Lipinski definition) is 2. The highest BCUT2D eigenvalue weighted by Crippen LogP contribution is 2.30. The van der Waals surface area contributed by atoms with Gasteiger partial charge in [-0.1, -0.05) is 11.3 Å². The van der Waals surface area contributed by atoms with Gasteiger partial charge in [0.2, 0.25) is 10.0 Å². The number of aromatic nitrogens is 1. The van der Waals surface area contributed by atoms with E-state index in [-0.39, 0.29) is 34.3 Å². The Bertz CT molecular complexity index is 1270. The number of fused-ring (bicyclic) bond motifs is 1. The molecule has 0 spiro atoms. The van der Waals surface area contributed by atoms with Crippen molar-refractivity contribution < 1.29 is 31.1 Å². The summed E-state index contributed by atoms with van der Waals surface area (Å²) < 4.78 is 68.6. The van der Waals surface area contributed by atoms with Crippen molar-refractivity contribution in [3.8, 4) is 11.8 Å². The SMILES string of the molecule is N#CCCNS(=O)(=O)c1ccc(C(=O)Nc2nc3ccc(OCC(F)(F)F)cc3s2)cc1. The van der Waals surface area contributed by atoms with Crippen molar-refractivity contribution in [1.82, 2.24) is 9.71 Å². The van der Waals surface area contributed by atoms with E-state index < -0.39 is 28.7 Å². The lowest BCUT2D eigenvalue weighted by Crippen LogP contribution is -2.24. The van der Waals surface area contributed by atoms with Gasteiger partial charge in [0, 0.05) is 18.5 Å². The number of amides is 1. The number of thiazole rings is 1. The number of carbonyl (C=O) groups is 1. The number of benzene rings is 2. The first-order valence-corrected chi connectivity index (χ1v) is 11.3. The number of halogens is 3. The quantitative estimate of drug-likeness (QED) is 0.471. The Labute approximate surface area is 184 Å². The number of nitrogens with one attached hydrogen (secondary N) is 2. The van der Waals surface area contributed by atoms with Gasteiger partial charge in [0.25, 0.3) is 5.91 Å². The normalized spacial score (nSPS) is 11.8. The Kier molecular flexibility index (Phi) is 6.97. The van der Waals surface area contributed by atoms with Crippen LogP contribution in [0, 0.1) is 11.3 Å². The zero-order chi connectivity index (χ0) is 23.4. The number of nitrogens with zero attached hydrogens (tertiary/aromatic N) is 2. The number of ether oxygens (including phenoxy) is 1. The third kappa shape index (κ3) is 6.16. The number of nitriles is 1. The molecule has 3 rings (SSSR count). The van der Waals surface area contributed by atoms with Gasteiger partial charge < -0.3 is 4.74 Å². The minimum absolute atomic E-state index is 0.0246. The minimum Gasteiger partial charge on any atom is -0.484 e. The van der Waals surface area contributed by atoms with E-state index in [1.54, 1.807) is 0 Å². The van der Waals surface area contributed by atoms with Crippen molar-refractivity contribution in [2.45, 2.75) is 17.5 Å². The number of sulfonamides is 1. The number of alkyl halides is 3. The molecular formula is C19H15F3N4O4S2. The molecule has 32 heavy (non-hydrogen) atoms. The van der Waals surface area contributed by atoms with Crippen LogP contribution >= 0.6 is 11.3 Å². The molecule has 168 valence electrons. The van der Waals surface area contributed by atoms with Crippen LogP contribution in [0.2, 0.25) is 0 Å². The lowest BCUT2D eigenvalue weighted by atomic mass is 10.2. The average Bonchev–Trinajstić information content (AvgIpc) is 3.13. The maximum absolute atomic E-state index is 12.4. The molecule has 0 radical (unpaired) electrons. The molecule has 8 nitrogen and oxygen atoms in total. The van der Waals surface area contributed by atoms with E-state index in [2.05, 4.69) is 15.0 Å². The van der Waals surface area contributed by atoms with Gasteiger partial charge in [-0.15, -0.1) is 0 Å². The molecule has 2 aromatic carbocycles. The average molecular weight is 484 g/mol. The lowest BCUT2D eigenvalue weighted by molar-refractivity contribution is -0.153. The molecule has 1 heterocycles. The van der Waals surface area contributed by atoms with Crippen molar-refractivity contribution in [3.05, 3.63) is 48.0 Å². The van der Waals surface area contributed by atoms with Crippen molar-refractivity contribution in [2.75, 3.05) is 18.5 Å². The van der Waals surface area contributed by atoms with Gasteiger partial charge in [-0.3, -0.25) is 10.1 Å². The fraction of sp³-hybridized carbons (Fsp3) is 0.211. The van der Waals surface area contributed by atoms with Gasteiger partial charge in [-0.2, -0.15) is 18.4 Å². The summed E-state index contributed by atoms with van der Waals surface area (Å²) in [5, 5.41) is 11.3. The van der Waals surface area contributed by atoms with Crippen LogP contribution in [-0.4, -0.2) is 38.6 Å². The maximum Gasteiger partial charge on any atom is 0.422 e. The van der Waals surface area contributed by atoms with Gasteiger partial charge >= 0.3 is 6.18 Å². The summed E-state index contributed by atoms with van der Waals surface area (Å²) in [5.41, 5.74) is 0.643. The van der Waals surface area contributed by atoms with Gasteiger partial charge in [0.15, 0.2) is 11.7 Å². The molecule has 0 saturated carbocycles. The van der Waals surface area contributed by atoms with E-state index in [9.17, 15) is 26.4 Å². The molecule has 1 aromatic heterocycles. The highest BCUT2D eigenvalue weighted by Gasteiger charge is 2.28. The van der Waals surface area contributed by atoms with Gasteiger partial charge in [0.1, 0.15) is 5.75 Å². The Morgan fingerprint density at radius 2 is 1.91 bits per heavy atom. The van der Waals surface area contributed by atoms with Gasteiger partial charge in [0.05, 0.1) is 21.2 Å². The lowest BCUT2D eigenvalue weighted by Gasteiger charge is -2.08. The Balaban J connectivity index is 1.68. The summed E-state index contributed by atoms with van der Waals surface area (Å²) in [7, 11) is -3.79. The molecule has 1 amide bonds. The largest absolute Gasteiger partial charge is 0.484 e. The molecule has 0 aliphatic heterocycles. The molecule has 0 aliphatic rings. The summed E-state index contributed by atoms with van der Waals surface area (Å²) >= 11 is 1.05. The highest BCUT2D eigenvalue weighted by atomic mass is 32.2. The second-order valence-electron chi connectivity index (χ2n) is 6.34. The number of anilines is 1. The summed E-state index contributed by atoms with van der Waals surface area (Å²) in [5.74, 6) is -0.518. The Morgan fingerprint density at radius 3 is 2.56 bits per heavy atom. The van der Waals surface area contributed by atoms with Crippen molar-refractivity contribution in [2.24, 2.45) is 0 Å². The van der Waals surface area contributed by atoms with Crippen LogP contribution in [0.25, 0.3) is 10.2 Å². The third-order valence-corrected chi connectivity index (χ3v) is 6.35. The molecule has 0 saturated heterocycles. The fourth-order valence-corrected chi connectivity index (χ4v) is 4.41. The van der Waals surface area contributed by atoms with Crippen molar-refractivity contribution >= 4 is 42.6 Å². The van der Waals surface area contributed by atoms with Crippen molar-refractivity contribution in [1.29, 1.82) is 5.26 Å². The molecule has 13 heteroatoms. The summed E-state index contributed by atoms with van der Waals surface area (Å²) in [4.78, 5) is 16.6. The van der Waals surface area contributed by atoms with Crippen LogP contribution in [-0.2, 0) is 10.0 Å². The number of hydrogen-bond acceptors (Lipinski definition) is 7. The molecule has 3 aromatic rings. The monoisotopic (exact) mass is 484 g/mol. The van der Waals surface area contributed by atoms with Crippen LogP contribution in [0.5, 0.6) is 5.75 Å². The van der Waals surface area contributed by atoms with E-state index >= 15 is 0 Å². The Morgan fingerprint density at radius 1 is 1.19 bits per heavy atom. The summed E-state index contributed by atoms with van der Waals surface area (Å²) in [6, 6.07) is 11.2. The summed E-state index contributed by atoms with van der Waals surface area (Å²) in [6.45, 7) is -1.44. The van der Waals surface area contributed by atoms with Gasteiger partial charge in [-0.05, 0) is 42.5 Å². The fourth-order valence-electron chi connectivity index (χ4n) is 2.49. The zero-order valence-electron chi connectivity index (χ0n) is 16.1. The second-order valence-corrected chi connectivity index (χ2v) is 9.13. The van der Waals surface area contributed by atoms with Crippen LogP contribution in [0.3, 0.4) is 0 Å². The first-order valence-electron chi connectivity index (χ1n) is 8.95. The minimum atomic E-state index is -4.45. The molecular weight excluding hydrogens is 469 g/mol. The molecule has 0 aliphatic carbocycles. The molecule has 0 bridgehead atoms. The predicted molar refractivity (Wildman–Crippen MR) is 111 cm³/mol. The van der Waals surface area contributed by atoms with E-state index in [0.717, 1.165) is 11.3 Å². The predicted octanol–water partition coefficient (Wildman–Crippen LogP) is 3.68. The standard InChI is InChI=1S/C19H15F3N4O4S2/c20-19(21,22)11-30-13-4-7-15-16(10-13)31-18(25-15)26-17(27)12-2-5-14(6-3-12)32(28,29)24-9-1-8-23/h2-7,10,24H,1,9,11H2,(H,25,26,27). The number of rotatable bonds is 8. The smallest absolute Gasteiger partial charge is 0.422 e. The topological polar surface area (TPSA) is 121 Å². The maximum atomic E-state index is 12.4. The first kappa shape index (κ1) is 23.5. The molecule has 0 fully saturated rings. The van der Waals surface area contributed by atoms with Crippen LogP contribution < -0.4 is 14.8 Å². The second kappa shape index (κ2) is 9.51. The van der Waals surface area contributed by atoms with E-state index in [4.69, 9.17) is 10.00 Å². The first-order chi connectivity index (χ1) is 15.1. The highest BCUT2D eigenvalue weighted by molar-refractivity contribution is 7.89. The van der Waals surface area contributed by atoms with Crippen molar-refractivity contribution in [3.63, 3.8) is 0 Å². The molecule has 2 N–H and O–H groups in total. The molecule has 0 atom stereocenters. The molecule has 0 unspecified atom stereocenters. The van der Waals surface area contributed by atoms with Crippen LogP contribution in [0.15, 0.2) is 47.4 Å². The third-order valence-electron chi connectivity index (χ3n) is 3.94.